The van der Waals surface area contributed by atoms with Crippen LogP contribution in [0, 0.1) is 6.92 Å². The van der Waals surface area contributed by atoms with Crippen molar-refractivity contribution in [1.82, 2.24) is 15.6 Å². The van der Waals surface area contributed by atoms with E-state index in [-0.39, 0.29) is 36.8 Å². The summed E-state index contributed by atoms with van der Waals surface area (Å²) in [5.74, 6) is 0.759. The highest BCUT2D eigenvalue weighted by Crippen LogP contribution is 2.26. The first-order chi connectivity index (χ1) is 11.1. The molecule has 1 aromatic heterocycles. The summed E-state index contributed by atoms with van der Waals surface area (Å²) in [7, 11) is 0. The summed E-state index contributed by atoms with van der Waals surface area (Å²) in [6, 6.07) is 8.00. The van der Waals surface area contributed by atoms with Crippen molar-refractivity contribution in [2.24, 2.45) is 0 Å². The molecule has 0 aliphatic carbocycles. The molecule has 4 nitrogen and oxygen atoms in total. The Morgan fingerprint density at radius 2 is 2.04 bits per heavy atom. The number of likely N-dealkylation sites (N-methyl/N-ethyl adjacent to an activating group) is 1. The molecule has 2 rings (SSSR count). The van der Waals surface area contributed by atoms with Crippen LogP contribution in [-0.4, -0.2) is 30.0 Å². The molecule has 0 aliphatic heterocycles. The van der Waals surface area contributed by atoms with E-state index in [4.69, 9.17) is 0 Å². The number of halogens is 2. The molecular weight excluding hydrogens is 397 g/mol. The van der Waals surface area contributed by atoms with Crippen LogP contribution in [0.25, 0.3) is 0 Å². The topological polar surface area (TPSA) is 54.0 Å². The molecule has 140 valence electrons. The highest BCUT2D eigenvalue weighted by Gasteiger charge is 2.12. The molecule has 25 heavy (non-hydrogen) atoms. The van der Waals surface area contributed by atoms with Crippen molar-refractivity contribution in [3.05, 3.63) is 45.9 Å². The van der Waals surface area contributed by atoms with E-state index in [2.05, 4.69) is 34.8 Å². The fourth-order valence-electron chi connectivity index (χ4n) is 2.17. The van der Waals surface area contributed by atoms with Gasteiger partial charge in [0.05, 0.1) is 16.3 Å². The van der Waals surface area contributed by atoms with E-state index in [1.807, 2.05) is 31.2 Å². The largest absolute Gasteiger partial charge is 0.350 e. The number of nitrogens with one attached hydrogen (secondary N) is 2. The van der Waals surface area contributed by atoms with E-state index in [0.717, 1.165) is 33.5 Å². The molecule has 0 spiro atoms. The molecule has 8 heteroatoms. The second-order valence-electron chi connectivity index (χ2n) is 5.31. The summed E-state index contributed by atoms with van der Waals surface area (Å²) in [6.45, 7) is 7.65. The maximum Gasteiger partial charge on any atom is 0.252 e. The fourth-order valence-corrected chi connectivity index (χ4v) is 3.83. The van der Waals surface area contributed by atoms with E-state index in [9.17, 15) is 4.79 Å². The number of carbonyl (C=O) groups is 1. The van der Waals surface area contributed by atoms with Gasteiger partial charge < -0.3 is 10.6 Å². The number of carbonyl (C=O) groups excluding carboxylic acids is 1. The van der Waals surface area contributed by atoms with Gasteiger partial charge in [-0.2, -0.15) is 0 Å². The third-order valence-electron chi connectivity index (χ3n) is 3.30. The monoisotopic (exact) mass is 421 g/mol. The summed E-state index contributed by atoms with van der Waals surface area (Å²) < 4.78 is 0. The number of hydrogen-bond acceptors (Lipinski definition) is 5. The lowest BCUT2D eigenvalue weighted by Crippen LogP contribution is -2.38. The minimum absolute atomic E-state index is 0. The number of thioether (sulfide) groups is 1. The van der Waals surface area contributed by atoms with Gasteiger partial charge in [0.1, 0.15) is 0 Å². The molecule has 0 radical (unpaired) electrons. The maximum absolute atomic E-state index is 12.4. The lowest BCUT2D eigenvalue weighted by Gasteiger charge is -2.14. The van der Waals surface area contributed by atoms with Crippen LogP contribution in [0.15, 0.2) is 34.5 Å². The highest BCUT2D eigenvalue weighted by atomic mass is 35.5. The van der Waals surface area contributed by atoms with E-state index in [1.54, 1.807) is 23.1 Å². The number of hydrogen-bond donors (Lipinski definition) is 2. The number of aromatic nitrogens is 1. The lowest BCUT2D eigenvalue weighted by atomic mass is 10.2. The summed E-state index contributed by atoms with van der Waals surface area (Å²) >= 11 is 3.31. The molecule has 2 aromatic rings. The van der Waals surface area contributed by atoms with Gasteiger partial charge in [0.15, 0.2) is 0 Å². The van der Waals surface area contributed by atoms with E-state index in [1.165, 1.54) is 0 Å². The zero-order valence-electron chi connectivity index (χ0n) is 14.6. The Balaban J connectivity index is 0.00000288. The number of benzene rings is 1. The highest BCUT2D eigenvalue weighted by molar-refractivity contribution is 7.98. The fraction of sp³-hybridized carbons (Fsp3) is 0.412. The summed E-state index contributed by atoms with van der Waals surface area (Å²) in [4.78, 5) is 17.9. The molecule has 0 bridgehead atoms. The summed E-state index contributed by atoms with van der Waals surface area (Å²) in [6.07, 6.45) is 0. The number of rotatable bonds is 8. The van der Waals surface area contributed by atoms with Crippen molar-refractivity contribution in [3.63, 3.8) is 0 Å². The van der Waals surface area contributed by atoms with Crippen molar-refractivity contribution in [2.75, 3.05) is 13.1 Å². The molecule has 0 unspecified atom stereocenters. The van der Waals surface area contributed by atoms with Crippen LogP contribution in [0.5, 0.6) is 0 Å². The van der Waals surface area contributed by atoms with Gasteiger partial charge in [0, 0.05) is 28.6 Å². The third-order valence-corrected chi connectivity index (χ3v) is 5.22. The van der Waals surface area contributed by atoms with Crippen LogP contribution >= 0.6 is 47.9 Å². The Labute approximate surface area is 170 Å². The van der Waals surface area contributed by atoms with Crippen molar-refractivity contribution in [1.29, 1.82) is 0 Å². The molecule has 1 heterocycles. The first kappa shape index (κ1) is 24.2. The SMILES string of the molecule is CCN[C@H](C)CNC(=O)c1ccccc1SCc1csc(C)n1.Cl.Cl. The van der Waals surface area contributed by atoms with Gasteiger partial charge in [0.25, 0.3) is 5.91 Å². The molecule has 2 N–H and O–H groups in total. The molecular formula is C17H25Cl2N3OS2. The van der Waals surface area contributed by atoms with Crippen molar-refractivity contribution < 1.29 is 4.79 Å². The minimum atomic E-state index is -0.0210. The van der Waals surface area contributed by atoms with E-state index >= 15 is 0 Å². The summed E-state index contributed by atoms with van der Waals surface area (Å²) in [5, 5.41) is 9.43. The van der Waals surface area contributed by atoms with E-state index in [0.29, 0.717) is 6.54 Å². The molecule has 1 aromatic carbocycles. The lowest BCUT2D eigenvalue weighted by molar-refractivity contribution is 0.0947. The molecule has 0 aliphatic rings. The Morgan fingerprint density at radius 3 is 2.68 bits per heavy atom. The average molecular weight is 422 g/mol. The zero-order chi connectivity index (χ0) is 16.7. The number of aryl methyl sites for hydroxylation is 1. The second kappa shape index (κ2) is 12.5. The van der Waals surface area contributed by atoms with Gasteiger partial charge in [0.2, 0.25) is 0 Å². The smallest absolute Gasteiger partial charge is 0.252 e. The number of amides is 1. The number of thiazole rings is 1. The Bertz CT molecular complexity index is 652. The second-order valence-corrected chi connectivity index (χ2v) is 7.39. The molecule has 1 atom stereocenters. The standard InChI is InChI=1S/C17H23N3OS2.2ClH/c1-4-18-12(2)9-19-17(21)15-7-5-6-8-16(15)23-11-14-10-22-13(3)20-14;;/h5-8,10,12,18H,4,9,11H2,1-3H3,(H,19,21);2*1H/t12-;;/m1../s1. The molecule has 1 amide bonds. The van der Waals surface area contributed by atoms with Crippen LogP contribution in [0.1, 0.15) is 34.9 Å². The van der Waals surface area contributed by atoms with Gasteiger partial charge in [-0.05, 0) is 32.5 Å². The predicted octanol–water partition coefficient (Wildman–Crippen LogP) is 4.32. The van der Waals surface area contributed by atoms with Gasteiger partial charge in [-0.15, -0.1) is 47.9 Å². The van der Waals surface area contributed by atoms with Crippen LogP contribution in [0.3, 0.4) is 0 Å². The van der Waals surface area contributed by atoms with Crippen LogP contribution < -0.4 is 10.6 Å². The van der Waals surface area contributed by atoms with Gasteiger partial charge >= 0.3 is 0 Å². The number of nitrogens with zero attached hydrogens (tertiary/aromatic N) is 1. The Hall–Kier alpha value is -0.790. The van der Waals surface area contributed by atoms with Crippen LogP contribution in [0.4, 0.5) is 0 Å². The first-order valence-corrected chi connectivity index (χ1v) is 9.61. The van der Waals surface area contributed by atoms with E-state index < -0.39 is 0 Å². The van der Waals surface area contributed by atoms with Crippen molar-refractivity contribution in [2.45, 2.75) is 37.5 Å². The zero-order valence-corrected chi connectivity index (χ0v) is 17.8. The third kappa shape index (κ3) is 7.96. The molecule has 0 fully saturated rings. The van der Waals surface area contributed by atoms with Gasteiger partial charge in [-0.3, -0.25) is 4.79 Å². The Morgan fingerprint density at radius 1 is 1.32 bits per heavy atom. The predicted molar refractivity (Wildman–Crippen MR) is 113 cm³/mol. The molecule has 0 saturated carbocycles. The minimum Gasteiger partial charge on any atom is -0.350 e. The van der Waals surface area contributed by atoms with Crippen molar-refractivity contribution >= 4 is 53.8 Å². The van der Waals surface area contributed by atoms with Gasteiger partial charge in [-0.25, -0.2) is 4.98 Å². The maximum atomic E-state index is 12.4. The van der Waals surface area contributed by atoms with Crippen molar-refractivity contribution in [3.8, 4) is 0 Å². The molecule has 0 saturated heterocycles. The first-order valence-electron chi connectivity index (χ1n) is 7.74. The Kier molecular flexibility index (Phi) is 12.1. The summed E-state index contributed by atoms with van der Waals surface area (Å²) in [5.41, 5.74) is 1.79. The average Bonchev–Trinajstić information content (AvgIpc) is 2.97. The normalized spacial score (nSPS) is 11.2. The van der Waals surface area contributed by atoms with Crippen LogP contribution in [-0.2, 0) is 5.75 Å². The van der Waals surface area contributed by atoms with Gasteiger partial charge in [-0.1, -0.05) is 19.1 Å². The quantitative estimate of drug-likeness (QED) is 0.623. The van der Waals surface area contributed by atoms with Crippen LogP contribution in [0.2, 0.25) is 0 Å².